The average Bonchev–Trinajstić information content (AvgIpc) is 3.13. The lowest BCUT2D eigenvalue weighted by Crippen LogP contribution is -2.30. The maximum absolute atomic E-state index is 2.38. The Kier molecular flexibility index (Phi) is 16.7. The van der Waals surface area contributed by atoms with E-state index in [2.05, 4.69) is 41.7 Å². The summed E-state index contributed by atoms with van der Waals surface area (Å²) < 4.78 is 4.77. The predicted molar refractivity (Wildman–Crippen MR) is 119 cm³/mol. The van der Waals surface area contributed by atoms with Crippen molar-refractivity contribution in [3.63, 3.8) is 0 Å². The van der Waals surface area contributed by atoms with Crippen molar-refractivity contribution in [2.45, 2.75) is 143 Å². The van der Waals surface area contributed by atoms with E-state index in [0.717, 1.165) is 0 Å². The molecule has 0 saturated carbocycles. The molecule has 1 aromatic heterocycles. The second-order valence-corrected chi connectivity index (χ2v) is 8.55. The summed E-state index contributed by atoms with van der Waals surface area (Å²) >= 11 is 0. The third-order valence-electron chi connectivity index (χ3n) is 5.79. The van der Waals surface area contributed by atoms with Gasteiger partial charge in [-0.3, -0.25) is 0 Å². The van der Waals surface area contributed by atoms with Crippen LogP contribution in [0, 0.1) is 0 Å². The van der Waals surface area contributed by atoms with E-state index in [9.17, 15) is 0 Å². The molecular weight excluding hydrogens is 328 g/mol. The van der Waals surface area contributed by atoms with Gasteiger partial charge in [0.25, 0.3) is 0 Å². The Morgan fingerprint density at radius 3 is 1.52 bits per heavy atom. The van der Waals surface area contributed by atoms with Crippen molar-refractivity contribution >= 4 is 0 Å². The number of nitrogens with zero attached hydrogens (tertiary/aromatic N) is 2. The average molecular weight is 378 g/mol. The summed E-state index contributed by atoms with van der Waals surface area (Å²) in [6, 6.07) is 0. The molecule has 0 N–H and O–H groups in total. The molecule has 0 spiro atoms. The highest BCUT2D eigenvalue weighted by molar-refractivity contribution is 4.66. The van der Waals surface area contributed by atoms with Crippen LogP contribution in [0.25, 0.3) is 0 Å². The van der Waals surface area contributed by atoms with Crippen molar-refractivity contribution in [2.24, 2.45) is 0 Å². The fourth-order valence-electron chi connectivity index (χ4n) is 3.91. The van der Waals surface area contributed by atoms with Crippen LogP contribution in [0.5, 0.6) is 0 Å². The lowest BCUT2D eigenvalue weighted by molar-refractivity contribution is -0.696. The molecule has 0 radical (unpaired) electrons. The molecule has 0 aliphatic carbocycles. The van der Waals surface area contributed by atoms with Crippen molar-refractivity contribution in [3.8, 4) is 0 Å². The van der Waals surface area contributed by atoms with Gasteiger partial charge in [-0.05, 0) is 25.7 Å². The molecule has 1 rings (SSSR count). The van der Waals surface area contributed by atoms with E-state index < -0.39 is 0 Å². The highest BCUT2D eigenvalue weighted by Gasteiger charge is 2.03. The lowest BCUT2D eigenvalue weighted by Gasteiger charge is -2.01. The van der Waals surface area contributed by atoms with E-state index in [1.165, 1.54) is 129 Å². The topological polar surface area (TPSA) is 8.81 Å². The number of aryl methyl sites for hydroxylation is 2. The van der Waals surface area contributed by atoms with Crippen LogP contribution in [0.3, 0.4) is 0 Å². The van der Waals surface area contributed by atoms with Gasteiger partial charge in [-0.2, -0.15) is 0 Å². The van der Waals surface area contributed by atoms with E-state index in [4.69, 9.17) is 0 Å². The zero-order valence-electron chi connectivity index (χ0n) is 18.8. The van der Waals surface area contributed by atoms with Crippen LogP contribution in [0.4, 0.5) is 0 Å². The maximum Gasteiger partial charge on any atom is 0.243 e. The molecule has 0 unspecified atom stereocenters. The smallest absolute Gasteiger partial charge is 0.237 e. The minimum atomic E-state index is 1.19. The van der Waals surface area contributed by atoms with E-state index in [0.29, 0.717) is 0 Å². The van der Waals surface area contributed by atoms with Gasteiger partial charge in [0.1, 0.15) is 12.4 Å². The summed E-state index contributed by atoms with van der Waals surface area (Å²) in [6.45, 7) is 6.98. The Morgan fingerprint density at radius 1 is 0.556 bits per heavy atom. The molecule has 0 aliphatic rings. The first-order chi connectivity index (χ1) is 13.4. The first-order valence-electron chi connectivity index (χ1n) is 12.4. The summed E-state index contributed by atoms with van der Waals surface area (Å²) in [6.07, 6.45) is 32.3. The number of aromatic nitrogens is 2. The number of imidazole rings is 1. The Balaban J connectivity index is 1.90. The zero-order valence-corrected chi connectivity index (χ0v) is 18.8. The van der Waals surface area contributed by atoms with Crippen LogP contribution in [0.15, 0.2) is 18.7 Å². The second-order valence-electron chi connectivity index (χ2n) is 8.55. The number of rotatable bonds is 20. The van der Waals surface area contributed by atoms with Gasteiger partial charge in [-0.15, -0.1) is 0 Å². The largest absolute Gasteiger partial charge is 0.243 e. The molecule has 0 bridgehead atoms. The van der Waals surface area contributed by atoms with Crippen molar-refractivity contribution in [3.05, 3.63) is 18.7 Å². The van der Waals surface area contributed by atoms with Crippen molar-refractivity contribution in [1.29, 1.82) is 0 Å². The zero-order chi connectivity index (χ0) is 19.4. The third kappa shape index (κ3) is 14.9. The van der Waals surface area contributed by atoms with Gasteiger partial charge in [0.2, 0.25) is 6.33 Å². The molecule has 0 aromatic carbocycles. The number of unbranched alkanes of at least 4 members (excludes halogenated alkanes) is 16. The van der Waals surface area contributed by atoms with E-state index in [1.807, 2.05) is 0 Å². The quantitative estimate of drug-likeness (QED) is 0.162. The fraction of sp³-hybridized carbons (Fsp3) is 0.880. The van der Waals surface area contributed by atoms with Gasteiger partial charge in [0.05, 0.1) is 13.1 Å². The summed E-state index contributed by atoms with van der Waals surface area (Å²) in [5.41, 5.74) is 0. The molecule has 2 heteroatoms. The number of hydrogen-bond acceptors (Lipinski definition) is 0. The molecule has 2 nitrogen and oxygen atoms in total. The third-order valence-corrected chi connectivity index (χ3v) is 5.79. The summed E-state index contributed by atoms with van der Waals surface area (Å²) in [7, 11) is 0. The first kappa shape index (κ1) is 24.2. The van der Waals surface area contributed by atoms with Gasteiger partial charge in [0.15, 0.2) is 0 Å². The summed E-state index contributed by atoms with van der Waals surface area (Å²) in [5, 5.41) is 0. The Hall–Kier alpha value is -0.790. The van der Waals surface area contributed by atoms with Gasteiger partial charge >= 0.3 is 0 Å². The van der Waals surface area contributed by atoms with Crippen LogP contribution >= 0.6 is 0 Å². The van der Waals surface area contributed by atoms with Crippen molar-refractivity contribution in [1.82, 2.24) is 4.57 Å². The molecule has 27 heavy (non-hydrogen) atoms. The second kappa shape index (κ2) is 18.6. The Labute approximate surface area is 170 Å². The Morgan fingerprint density at radius 2 is 1.00 bits per heavy atom. The van der Waals surface area contributed by atoms with E-state index in [-0.39, 0.29) is 0 Å². The SMILES string of the molecule is CCCCCCCCCCCCn1cc[n+](CCCCCCCCCC)c1. The van der Waals surface area contributed by atoms with Gasteiger partial charge in [-0.1, -0.05) is 104 Å². The van der Waals surface area contributed by atoms with E-state index >= 15 is 0 Å². The highest BCUT2D eigenvalue weighted by atomic mass is 15.1. The van der Waals surface area contributed by atoms with Gasteiger partial charge in [-0.25, -0.2) is 9.13 Å². The van der Waals surface area contributed by atoms with Crippen molar-refractivity contribution < 1.29 is 4.57 Å². The van der Waals surface area contributed by atoms with Crippen molar-refractivity contribution in [2.75, 3.05) is 0 Å². The van der Waals surface area contributed by atoms with E-state index in [1.54, 1.807) is 0 Å². The monoisotopic (exact) mass is 377 g/mol. The fourth-order valence-corrected chi connectivity index (χ4v) is 3.91. The van der Waals surface area contributed by atoms with Crippen LogP contribution in [0.2, 0.25) is 0 Å². The molecule has 0 saturated heterocycles. The molecule has 158 valence electrons. The van der Waals surface area contributed by atoms with Gasteiger partial charge < -0.3 is 0 Å². The summed E-state index contributed by atoms with van der Waals surface area (Å²) in [4.78, 5) is 0. The standard InChI is InChI=1S/C25H49N2/c1-3-5-7-9-11-13-14-16-18-20-22-27-24-23-26(25-27)21-19-17-15-12-10-8-6-4-2/h23-25H,3-22H2,1-2H3/q+1. The minimum Gasteiger partial charge on any atom is -0.237 e. The first-order valence-corrected chi connectivity index (χ1v) is 12.4. The number of hydrogen-bond donors (Lipinski definition) is 0. The molecule has 1 aromatic rings. The van der Waals surface area contributed by atoms with Crippen LogP contribution in [-0.2, 0) is 13.1 Å². The summed E-state index contributed by atoms with van der Waals surface area (Å²) in [5.74, 6) is 0. The molecule has 0 amide bonds. The van der Waals surface area contributed by atoms with Gasteiger partial charge in [0, 0.05) is 0 Å². The molecule has 1 heterocycles. The maximum atomic E-state index is 2.38. The Bertz CT molecular complexity index is 410. The van der Waals surface area contributed by atoms with Crippen LogP contribution in [-0.4, -0.2) is 4.57 Å². The predicted octanol–water partition coefficient (Wildman–Crippen LogP) is 7.84. The molecule has 0 aliphatic heterocycles. The van der Waals surface area contributed by atoms with Crippen LogP contribution in [0.1, 0.15) is 129 Å². The lowest BCUT2D eigenvalue weighted by atomic mass is 10.1. The normalized spacial score (nSPS) is 11.3. The molecule has 0 fully saturated rings. The molecule has 0 atom stereocenters. The van der Waals surface area contributed by atoms with Crippen LogP contribution < -0.4 is 4.57 Å². The minimum absolute atomic E-state index is 1.19. The molecular formula is C25H49N2+. The highest BCUT2D eigenvalue weighted by Crippen LogP contribution is 2.11.